The Kier molecular flexibility index (Phi) is 16.5. The quantitative estimate of drug-likeness (QED) is 0.160. The molecular formula is C25H44O8. The Hall–Kier alpha value is -1.96. The van der Waals surface area contributed by atoms with Gasteiger partial charge < -0.3 is 20.4 Å². The highest BCUT2D eigenvalue weighted by molar-refractivity contribution is 5.94. The molecule has 4 N–H and O–H groups in total. The Morgan fingerprint density at radius 3 is 1.58 bits per heavy atom. The summed E-state index contributed by atoms with van der Waals surface area (Å²) in [6, 6.07) is 0. The van der Waals surface area contributed by atoms with Crippen molar-refractivity contribution < 1.29 is 39.6 Å². The first kappa shape index (κ1) is 31.0. The highest BCUT2D eigenvalue weighted by atomic mass is 16.4. The van der Waals surface area contributed by atoms with E-state index in [2.05, 4.69) is 6.92 Å². The molecule has 0 saturated heterocycles. The van der Waals surface area contributed by atoms with Gasteiger partial charge in [-0.25, -0.2) is 4.79 Å². The van der Waals surface area contributed by atoms with Gasteiger partial charge >= 0.3 is 17.9 Å². The molecule has 0 radical (unpaired) electrons. The third-order valence-corrected chi connectivity index (χ3v) is 6.28. The molecule has 8 heteroatoms. The van der Waals surface area contributed by atoms with Crippen LogP contribution in [0.1, 0.15) is 117 Å². The number of aliphatic hydroxyl groups is 1. The molecule has 0 spiro atoms. The molecule has 0 aliphatic heterocycles. The molecule has 0 aromatic rings. The number of carbonyl (C=O) groups is 4. The van der Waals surface area contributed by atoms with Crippen molar-refractivity contribution in [3.63, 3.8) is 0 Å². The van der Waals surface area contributed by atoms with Gasteiger partial charge in [0.2, 0.25) is 0 Å². The van der Waals surface area contributed by atoms with Crippen molar-refractivity contribution in [2.24, 2.45) is 11.8 Å². The van der Waals surface area contributed by atoms with Crippen LogP contribution >= 0.6 is 0 Å². The predicted octanol–water partition coefficient (Wildman–Crippen LogP) is 5.05. The molecule has 0 fully saturated rings. The highest BCUT2D eigenvalue weighted by Gasteiger charge is 2.54. The Labute approximate surface area is 197 Å². The van der Waals surface area contributed by atoms with E-state index in [-0.39, 0.29) is 12.8 Å². The van der Waals surface area contributed by atoms with Crippen LogP contribution in [-0.4, -0.2) is 49.7 Å². The van der Waals surface area contributed by atoms with Crippen LogP contribution in [0.15, 0.2) is 0 Å². The van der Waals surface area contributed by atoms with Crippen LogP contribution in [0.4, 0.5) is 0 Å². The van der Waals surface area contributed by atoms with Crippen LogP contribution in [0.3, 0.4) is 0 Å². The lowest BCUT2D eigenvalue weighted by molar-refractivity contribution is -0.184. The van der Waals surface area contributed by atoms with E-state index in [0.29, 0.717) is 12.8 Å². The van der Waals surface area contributed by atoms with E-state index in [4.69, 9.17) is 5.11 Å². The molecule has 0 aliphatic rings. The van der Waals surface area contributed by atoms with Crippen LogP contribution < -0.4 is 0 Å². The largest absolute Gasteiger partial charge is 0.481 e. The second kappa shape index (κ2) is 17.5. The van der Waals surface area contributed by atoms with Crippen molar-refractivity contribution in [2.75, 3.05) is 0 Å². The number of hydrogen-bond donors (Lipinski definition) is 4. The first-order valence-corrected chi connectivity index (χ1v) is 12.5. The van der Waals surface area contributed by atoms with Crippen LogP contribution in [0.25, 0.3) is 0 Å². The topological polar surface area (TPSA) is 149 Å². The Balaban J connectivity index is 5.18. The average molecular weight is 473 g/mol. The standard InChI is InChI=1S/C25H44O8/c1-3-5-7-8-9-10-11-12-13-15-16-19(20(26)17-14-6-4-2)22(23(29)30)25(33,24(31)32)18-21(27)28/h19,22,33H,3-18H2,1-2H3,(H,27,28)(H,29,30)(H,31,32). The molecule has 192 valence electrons. The fourth-order valence-corrected chi connectivity index (χ4v) is 4.36. The number of carboxylic acids is 3. The molecule has 0 heterocycles. The highest BCUT2D eigenvalue weighted by Crippen LogP contribution is 2.34. The summed E-state index contributed by atoms with van der Waals surface area (Å²) in [4.78, 5) is 47.9. The normalized spacial score (nSPS) is 14.9. The lowest BCUT2D eigenvalue weighted by Gasteiger charge is -2.33. The molecule has 33 heavy (non-hydrogen) atoms. The fourth-order valence-electron chi connectivity index (χ4n) is 4.36. The molecule has 3 atom stereocenters. The number of carboxylic acid groups (broad SMARTS) is 3. The van der Waals surface area contributed by atoms with Gasteiger partial charge in [-0.15, -0.1) is 0 Å². The van der Waals surface area contributed by atoms with Gasteiger partial charge in [-0.1, -0.05) is 90.9 Å². The van der Waals surface area contributed by atoms with Crippen LogP contribution in [0.5, 0.6) is 0 Å². The Bertz CT molecular complexity index is 603. The zero-order chi connectivity index (χ0) is 25.3. The summed E-state index contributed by atoms with van der Waals surface area (Å²) in [5, 5.41) is 39.0. The van der Waals surface area contributed by atoms with Gasteiger partial charge in [0.15, 0.2) is 5.60 Å². The first-order chi connectivity index (χ1) is 15.6. The summed E-state index contributed by atoms with van der Waals surface area (Å²) in [5.41, 5.74) is -3.05. The van der Waals surface area contributed by atoms with Crippen molar-refractivity contribution in [2.45, 2.75) is 122 Å². The van der Waals surface area contributed by atoms with Gasteiger partial charge in [-0.2, -0.15) is 0 Å². The SMILES string of the molecule is CCCCCCCCCCCCC(C(=O)CCCCC)C(C(=O)O)C(O)(CC(=O)O)C(=O)O. The van der Waals surface area contributed by atoms with E-state index in [1.807, 2.05) is 6.92 Å². The maximum absolute atomic E-state index is 12.9. The number of Topliss-reactive ketones (excluding diaryl/α,β-unsaturated/α-hetero) is 1. The number of ketones is 1. The number of unbranched alkanes of at least 4 members (excludes halogenated alkanes) is 11. The maximum Gasteiger partial charge on any atom is 0.337 e. The number of hydrogen-bond acceptors (Lipinski definition) is 5. The van der Waals surface area contributed by atoms with Crippen molar-refractivity contribution in [3.05, 3.63) is 0 Å². The Morgan fingerprint density at radius 2 is 1.15 bits per heavy atom. The van der Waals surface area contributed by atoms with Gasteiger partial charge in [-0.3, -0.25) is 14.4 Å². The minimum absolute atomic E-state index is 0.0861. The molecule has 0 saturated carbocycles. The molecule has 0 aromatic heterocycles. The maximum atomic E-state index is 12.9. The van der Waals surface area contributed by atoms with Crippen molar-refractivity contribution >= 4 is 23.7 Å². The summed E-state index contributed by atoms with van der Waals surface area (Å²) >= 11 is 0. The third kappa shape index (κ3) is 12.2. The first-order valence-electron chi connectivity index (χ1n) is 12.5. The molecule has 3 unspecified atom stereocenters. The third-order valence-electron chi connectivity index (χ3n) is 6.28. The van der Waals surface area contributed by atoms with E-state index in [0.717, 1.165) is 38.5 Å². The molecular weight excluding hydrogens is 428 g/mol. The molecule has 8 nitrogen and oxygen atoms in total. The monoisotopic (exact) mass is 472 g/mol. The molecule has 0 aromatic carbocycles. The van der Waals surface area contributed by atoms with Crippen LogP contribution in [0.2, 0.25) is 0 Å². The summed E-state index contributed by atoms with van der Waals surface area (Å²) in [6.07, 6.45) is 11.6. The summed E-state index contributed by atoms with van der Waals surface area (Å²) in [7, 11) is 0. The molecule has 0 aliphatic carbocycles. The second-order valence-corrected chi connectivity index (χ2v) is 9.12. The van der Waals surface area contributed by atoms with E-state index in [1.165, 1.54) is 32.1 Å². The Morgan fingerprint density at radius 1 is 0.697 bits per heavy atom. The zero-order valence-electron chi connectivity index (χ0n) is 20.4. The minimum Gasteiger partial charge on any atom is -0.481 e. The van der Waals surface area contributed by atoms with E-state index in [9.17, 15) is 34.5 Å². The van der Waals surface area contributed by atoms with E-state index in [1.54, 1.807) is 0 Å². The summed E-state index contributed by atoms with van der Waals surface area (Å²) < 4.78 is 0. The molecule has 0 amide bonds. The number of rotatable bonds is 22. The molecule has 0 bridgehead atoms. The van der Waals surface area contributed by atoms with Gasteiger partial charge in [0.25, 0.3) is 0 Å². The van der Waals surface area contributed by atoms with Crippen molar-refractivity contribution in [3.8, 4) is 0 Å². The van der Waals surface area contributed by atoms with E-state index >= 15 is 0 Å². The van der Waals surface area contributed by atoms with Crippen molar-refractivity contribution in [1.29, 1.82) is 0 Å². The molecule has 0 rings (SSSR count). The van der Waals surface area contributed by atoms with Gasteiger partial charge in [0, 0.05) is 12.3 Å². The zero-order valence-corrected chi connectivity index (χ0v) is 20.4. The number of aliphatic carboxylic acids is 3. The second-order valence-electron chi connectivity index (χ2n) is 9.12. The lowest BCUT2D eigenvalue weighted by atomic mass is 9.71. The minimum atomic E-state index is -3.05. The van der Waals surface area contributed by atoms with E-state index < -0.39 is 47.5 Å². The fraction of sp³-hybridized carbons (Fsp3) is 0.840. The predicted molar refractivity (Wildman–Crippen MR) is 125 cm³/mol. The van der Waals surface area contributed by atoms with Crippen LogP contribution in [-0.2, 0) is 19.2 Å². The lowest BCUT2D eigenvalue weighted by Crippen LogP contribution is -2.55. The smallest absolute Gasteiger partial charge is 0.337 e. The average Bonchev–Trinajstić information content (AvgIpc) is 2.73. The van der Waals surface area contributed by atoms with Crippen molar-refractivity contribution in [1.82, 2.24) is 0 Å². The van der Waals surface area contributed by atoms with Crippen LogP contribution in [0, 0.1) is 11.8 Å². The summed E-state index contributed by atoms with van der Waals surface area (Å²) in [6.45, 7) is 4.14. The van der Waals surface area contributed by atoms with Gasteiger partial charge in [-0.05, 0) is 12.8 Å². The number of carbonyl (C=O) groups excluding carboxylic acids is 1. The summed E-state index contributed by atoms with van der Waals surface area (Å²) in [5.74, 6) is -8.92. The van der Waals surface area contributed by atoms with Gasteiger partial charge in [0.1, 0.15) is 11.7 Å². The van der Waals surface area contributed by atoms with Gasteiger partial charge in [0.05, 0.1) is 6.42 Å².